The van der Waals surface area contributed by atoms with Gasteiger partial charge < -0.3 is 15.0 Å². The van der Waals surface area contributed by atoms with Crippen molar-refractivity contribution < 1.29 is 14.3 Å². The highest BCUT2D eigenvalue weighted by atomic mass is 16.5. The van der Waals surface area contributed by atoms with E-state index >= 15 is 0 Å². The van der Waals surface area contributed by atoms with Crippen molar-refractivity contribution in [2.75, 3.05) is 18.6 Å². The monoisotopic (exact) mass is 366 g/mol. The van der Waals surface area contributed by atoms with Crippen LogP contribution in [0.4, 0.5) is 5.69 Å². The summed E-state index contributed by atoms with van der Waals surface area (Å²) < 4.78 is 4.69. The number of carbonyl (C=O) groups excluding carboxylic acids is 2. The third kappa shape index (κ3) is 4.30. The second-order valence-corrected chi connectivity index (χ2v) is 7.01. The summed E-state index contributed by atoms with van der Waals surface area (Å²) in [6, 6.07) is 13.3. The molecule has 2 aromatic rings. The summed E-state index contributed by atoms with van der Waals surface area (Å²) in [7, 11) is 1.36. The number of ether oxygens (including phenoxy) is 1. The highest BCUT2D eigenvalue weighted by Crippen LogP contribution is 2.29. The molecular weight excluding hydrogens is 340 g/mol. The maximum absolute atomic E-state index is 12.7. The predicted octanol–water partition coefficient (Wildman–Crippen LogP) is 3.24. The van der Waals surface area contributed by atoms with Gasteiger partial charge in [0.2, 0.25) is 5.91 Å². The third-order valence-electron chi connectivity index (χ3n) is 5.08. The van der Waals surface area contributed by atoms with E-state index in [2.05, 4.69) is 35.3 Å². The van der Waals surface area contributed by atoms with Gasteiger partial charge in [0.15, 0.2) is 0 Å². The van der Waals surface area contributed by atoms with E-state index in [0.717, 1.165) is 30.6 Å². The van der Waals surface area contributed by atoms with Crippen LogP contribution in [0.2, 0.25) is 0 Å². The van der Waals surface area contributed by atoms with E-state index in [0.29, 0.717) is 12.1 Å². The first-order valence-electron chi connectivity index (χ1n) is 9.30. The Labute approximate surface area is 160 Å². The van der Waals surface area contributed by atoms with Gasteiger partial charge in [-0.05, 0) is 56.0 Å². The average molecular weight is 366 g/mol. The van der Waals surface area contributed by atoms with E-state index in [4.69, 9.17) is 4.74 Å². The predicted molar refractivity (Wildman–Crippen MR) is 106 cm³/mol. The van der Waals surface area contributed by atoms with E-state index < -0.39 is 0 Å². The molecule has 3 rings (SSSR count). The number of benzene rings is 2. The molecule has 0 bridgehead atoms. The lowest BCUT2D eigenvalue weighted by Crippen LogP contribution is -2.47. The molecule has 0 spiro atoms. The number of rotatable bonds is 5. The summed E-state index contributed by atoms with van der Waals surface area (Å²) in [4.78, 5) is 26.4. The largest absolute Gasteiger partial charge is 0.465 e. The van der Waals surface area contributed by atoms with Gasteiger partial charge in [0.05, 0.1) is 12.7 Å². The second-order valence-electron chi connectivity index (χ2n) is 7.01. The topological polar surface area (TPSA) is 58.6 Å². The smallest absolute Gasteiger partial charge is 0.337 e. The van der Waals surface area contributed by atoms with Crippen molar-refractivity contribution in [2.24, 2.45) is 0 Å². The normalized spacial score (nSPS) is 14.3. The summed E-state index contributed by atoms with van der Waals surface area (Å²) in [5.74, 6) is -0.362. The number of nitrogens with one attached hydrogen (secondary N) is 1. The highest BCUT2D eigenvalue weighted by molar-refractivity contribution is 5.89. The molecule has 5 nitrogen and oxygen atoms in total. The van der Waals surface area contributed by atoms with Crippen molar-refractivity contribution in [3.63, 3.8) is 0 Å². The molecule has 1 aliphatic heterocycles. The molecular formula is C22H26N2O3. The fourth-order valence-electron chi connectivity index (χ4n) is 3.51. The lowest BCUT2D eigenvalue weighted by atomic mass is 9.98. The van der Waals surface area contributed by atoms with Crippen molar-refractivity contribution >= 4 is 17.6 Å². The second kappa shape index (κ2) is 8.25. The van der Waals surface area contributed by atoms with Crippen LogP contribution in [-0.4, -0.2) is 31.6 Å². The van der Waals surface area contributed by atoms with E-state index in [1.165, 1.54) is 18.2 Å². The van der Waals surface area contributed by atoms with Gasteiger partial charge in [0.25, 0.3) is 0 Å². The van der Waals surface area contributed by atoms with E-state index in [1.54, 1.807) is 12.1 Å². The van der Waals surface area contributed by atoms with Crippen molar-refractivity contribution in [1.82, 2.24) is 5.32 Å². The first kappa shape index (κ1) is 19.0. The van der Waals surface area contributed by atoms with Crippen LogP contribution in [-0.2, 0) is 22.5 Å². The van der Waals surface area contributed by atoms with Gasteiger partial charge in [0.1, 0.15) is 6.04 Å². The number of hydrogen-bond acceptors (Lipinski definition) is 4. The van der Waals surface area contributed by atoms with Crippen LogP contribution in [0.25, 0.3) is 0 Å². The number of methoxy groups -OCH3 is 1. The summed E-state index contributed by atoms with van der Waals surface area (Å²) in [5, 5.41) is 3.00. The highest BCUT2D eigenvalue weighted by Gasteiger charge is 2.25. The number of carbonyl (C=O) groups is 2. The molecule has 1 atom stereocenters. The number of fused-ring (bicyclic) bond motifs is 1. The molecule has 0 aromatic heterocycles. The van der Waals surface area contributed by atoms with Gasteiger partial charge in [-0.25, -0.2) is 4.79 Å². The standard InChI is InChI=1S/C22H26N2O3/c1-15-6-11-20-19(13-15)5-4-12-24(20)16(2)21(25)23-14-17-7-9-18(10-8-17)22(26)27-3/h6-11,13,16H,4-5,12,14H2,1-3H3,(H,23,25)/t16-/m1/s1. The Morgan fingerprint density at radius 3 is 2.63 bits per heavy atom. The molecule has 0 aliphatic carbocycles. The number of amides is 1. The molecule has 2 aromatic carbocycles. The third-order valence-corrected chi connectivity index (χ3v) is 5.08. The zero-order chi connectivity index (χ0) is 19.4. The number of anilines is 1. The number of nitrogens with zero attached hydrogens (tertiary/aromatic N) is 1. The lowest BCUT2D eigenvalue weighted by molar-refractivity contribution is -0.122. The quantitative estimate of drug-likeness (QED) is 0.826. The molecule has 142 valence electrons. The Balaban J connectivity index is 1.63. The molecule has 0 radical (unpaired) electrons. The van der Waals surface area contributed by atoms with Gasteiger partial charge in [-0.1, -0.05) is 29.8 Å². The van der Waals surface area contributed by atoms with Crippen molar-refractivity contribution in [3.05, 3.63) is 64.7 Å². The first-order valence-corrected chi connectivity index (χ1v) is 9.30. The molecule has 1 heterocycles. The Morgan fingerprint density at radius 2 is 1.93 bits per heavy atom. The van der Waals surface area contributed by atoms with Crippen LogP contribution >= 0.6 is 0 Å². The number of aryl methyl sites for hydroxylation is 2. The minimum Gasteiger partial charge on any atom is -0.465 e. The van der Waals surface area contributed by atoms with Crippen LogP contribution in [0, 0.1) is 6.92 Å². The Kier molecular flexibility index (Phi) is 5.79. The lowest BCUT2D eigenvalue weighted by Gasteiger charge is -2.35. The van der Waals surface area contributed by atoms with E-state index in [-0.39, 0.29) is 17.9 Å². The zero-order valence-electron chi connectivity index (χ0n) is 16.1. The average Bonchev–Trinajstić information content (AvgIpc) is 2.70. The molecule has 0 unspecified atom stereocenters. The van der Waals surface area contributed by atoms with E-state index in [9.17, 15) is 9.59 Å². The van der Waals surface area contributed by atoms with Crippen molar-refractivity contribution in [2.45, 2.75) is 39.3 Å². The summed E-state index contributed by atoms with van der Waals surface area (Å²) in [6.07, 6.45) is 2.12. The van der Waals surface area contributed by atoms with Crippen LogP contribution in [0.15, 0.2) is 42.5 Å². The van der Waals surface area contributed by atoms with Gasteiger partial charge in [0, 0.05) is 18.8 Å². The summed E-state index contributed by atoms with van der Waals surface area (Å²) in [5.41, 5.74) is 5.18. The van der Waals surface area contributed by atoms with Crippen LogP contribution in [0.1, 0.15) is 40.4 Å². The maximum atomic E-state index is 12.7. The molecule has 1 N–H and O–H groups in total. The molecule has 1 amide bonds. The maximum Gasteiger partial charge on any atom is 0.337 e. The Bertz CT molecular complexity index is 830. The van der Waals surface area contributed by atoms with Gasteiger partial charge >= 0.3 is 5.97 Å². The van der Waals surface area contributed by atoms with Crippen molar-refractivity contribution in [1.29, 1.82) is 0 Å². The minimum atomic E-state index is -0.363. The molecule has 0 saturated heterocycles. The van der Waals surface area contributed by atoms with Crippen LogP contribution in [0.5, 0.6) is 0 Å². The zero-order valence-corrected chi connectivity index (χ0v) is 16.1. The minimum absolute atomic E-state index is 0.000435. The summed E-state index contributed by atoms with van der Waals surface area (Å²) >= 11 is 0. The Hall–Kier alpha value is -2.82. The van der Waals surface area contributed by atoms with Gasteiger partial charge in [-0.15, -0.1) is 0 Å². The first-order chi connectivity index (χ1) is 13.0. The van der Waals surface area contributed by atoms with Crippen molar-refractivity contribution in [3.8, 4) is 0 Å². The molecule has 27 heavy (non-hydrogen) atoms. The van der Waals surface area contributed by atoms with E-state index in [1.807, 2.05) is 19.1 Å². The molecule has 0 fully saturated rings. The number of esters is 1. The molecule has 5 heteroatoms. The van der Waals surface area contributed by atoms with Gasteiger partial charge in [-0.2, -0.15) is 0 Å². The van der Waals surface area contributed by atoms with Gasteiger partial charge in [-0.3, -0.25) is 4.79 Å². The molecule has 1 aliphatic rings. The van der Waals surface area contributed by atoms with Crippen LogP contribution in [0.3, 0.4) is 0 Å². The fourth-order valence-corrected chi connectivity index (χ4v) is 3.51. The number of hydrogen-bond donors (Lipinski definition) is 1. The summed E-state index contributed by atoms with van der Waals surface area (Å²) in [6.45, 7) is 5.36. The SMILES string of the molecule is COC(=O)c1ccc(CNC(=O)[C@@H](C)N2CCCc3cc(C)ccc32)cc1. The van der Waals surface area contributed by atoms with Crippen LogP contribution < -0.4 is 10.2 Å². The molecule has 0 saturated carbocycles. The Morgan fingerprint density at radius 1 is 1.19 bits per heavy atom. The fraction of sp³-hybridized carbons (Fsp3) is 0.364.